The van der Waals surface area contributed by atoms with Crippen LogP contribution in [0, 0.1) is 11.8 Å². The summed E-state index contributed by atoms with van der Waals surface area (Å²) in [5, 5.41) is 1.62. The molecule has 1 aliphatic carbocycles. The van der Waals surface area contributed by atoms with Crippen molar-refractivity contribution in [3.8, 4) is 0 Å². The van der Waals surface area contributed by atoms with Crippen molar-refractivity contribution in [2.75, 3.05) is 0 Å². The van der Waals surface area contributed by atoms with Crippen molar-refractivity contribution in [3.05, 3.63) is 34.2 Å². The third-order valence-electron chi connectivity index (χ3n) is 8.95. The average molecular weight is 511 g/mol. The summed E-state index contributed by atoms with van der Waals surface area (Å²) in [6.07, 6.45) is 31.2. The predicted molar refractivity (Wildman–Crippen MR) is 165 cm³/mol. The fourth-order valence-electron chi connectivity index (χ4n) is 6.58. The van der Waals surface area contributed by atoms with Crippen molar-refractivity contribution in [3.63, 3.8) is 0 Å². The van der Waals surface area contributed by atoms with E-state index in [0.717, 1.165) is 11.8 Å². The maximum atomic E-state index is 2.57. The summed E-state index contributed by atoms with van der Waals surface area (Å²) < 4.78 is 1.56. The van der Waals surface area contributed by atoms with Gasteiger partial charge in [0.1, 0.15) is 0 Å². The molecule has 0 bridgehead atoms. The Morgan fingerprint density at radius 3 is 1.72 bits per heavy atom. The Balaban J connectivity index is 1.57. The Kier molecular flexibility index (Phi) is 14.6. The van der Waals surface area contributed by atoms with Crippen molar-refractivity contribution in [2.24, 2.45) is 11.8 Å². The summed E-state index contributed by atoms with van der Waals surface area (Å²) in [6, 6.07) is 7.43. The number of benzene rings is 1. The lowest BCUT2D eigenvalue weighted by molar-refractivity contribution is 0.262. The first-order chi connectivity index (χ1) is 17.8. The van der Waals surface area contributed by atoms with E-state index in [0.29, 0.717) is 0 Å². The highest BCUT2D eigenvalue weighted by Gasteiger charge is 2.30. The Morgan fingerprint density at radius 2 is 1.14 bits per heavy atom. The molecule has 2 atom stereocenters. The Bertz CT molecular complexity index is 831. The zero-order valence-corrected chi connectivity index (χ0v) is 25.2. The van der Waals surface area contributed by atoms with Crippen LogP contribution in [0.3, 0.4) is 0 Å². The van der Waals surface area contributed by atoms with Crippen LogP contribution in [-0.2, 0) is 19.3 Å². The number of hydrogen-bond acceptors (Lipinski definition) is 1. The van der Waals surface area contributed by atoms with Gasteiger partial charge in [-0.05, 0) is 72.9 Å². The third kappa shape index (κ3) is 9.81. The second-order valence-corrected chi connectivity index (χ2v) is 13.2. The van der Waals surface area contributed by atoms with E-state index < -0.39 is 0 Å². The van der Waals surface area contributed by atoms with Crippen molar-refractivity contribution >= 4 is 21.4 Å². The molecule has 0 saturated carbocycles. The van der Waals surface area contributed by atoms with Crippen molar-refractivity contribution in [2.45, 2.75) is 162 Å². The van der Waals surface area contributed by atoms with Crippen LogP contribution in [0.4, 0.5) is 0 Å². The molecular formula is C35H58S. The molecule has 0 aliphatic heterocycles. The monoisotopic (exact) mass is 510 g/mol. The van der Waals surface area contributed by atoms with Gasteiger partial charge < -0.3 is 0 Å². The topological polar surface area (TPSA) is 0 Å². The van der Waals surface area contributed by atoms with Crippen LogP contribution >= 0.6 is 11.3 Å². The molecule has 0 radical (unpaired) electrons. The summed E-state index contributed by atoms with van der Waals surface area (Å²) >= 11 is 2.13. The molecule has 1 aromatic carbocycles. The maximum Gasteiger partial charge on any atom is 0.0348 e. The molecule has 0 spiro atoms. The summed E-state index contributed by atoms with van der Waals surface area (Å²) in [5.41, 5.74) is 3.32. The molecular weight excluding hydrogens is 452 g/mol. The third-order valence-corrected chi connectivity index (χ3v) is 10.2. The van der Waals surface area contributed by atoms with Crippen LogP contribution in [0.15, 0.2) is 18.2 Å². The Labute approximate surface area is 229 Å². The molecule has 1 aliphatic rings. The number of rotatable bonds is 20. The standard InChI is InChI=1S/C35H58S/c1-4-7-10-12-14-16-18-20-23-31-28-35-33(27-30(31)22-19-17-15-13-11-8-5-2)32-26-29(21-9-6-3)24-25-34(32)36-35/h24-26,30-31H,4-23,27-28H2,1-3H3. The molecule has 0 fully saturated rings. The van der Waals surface area contributed by atoms with Crippen LogP contribution in [0.25, 0.3) is 10.1 Å². The average Bonchev–Trinajstić information content (AvgIpc) is 3.25. The van der Waals surface area contributed by atoms with Crippen molar-refractivity contribution in [1.82, 2.24) is 0 Å². The lowest BCUT2D eigenvalue weighted by Crippen LogP contribution is -2.24. The lowest BCUT2D eigenvalue weighted by atomic mass is 9.73. The van der Waals surface area contributed by atoms with Gasteiger partial charge in [-0.1, -0.05) is 136 Å². The molecule has 0 nitrogen and oxygen atoms in total. The van der Waals surface area contributed by atoms with E-state index in [1.165, 1.54) is 141 Å². The number of fused-ring (bicyclic) bond motifs is 3. The lowest BCUT2D eigenvalue weighted by Gasteiger charge is -2.32. The summed E-state index contributed by atoms with van der Waals surface area (Å²) in [5.74, 6) is 1.86. The fourth-order valence-corrected chi connectivity index (χ4v) is 7.89. The smallest absolute Gasteiger partial charge is 0.0348 e. The molecule has 1 aromatic heterocycles. The summed E-state index contributed by atoms with van der Waals surface area (Å²) in [4.78, 5) is 1.75. The number of hydrogen-bond donors (Lipinski definition) is 0. The zero-order valence-electron chi connectivity index (χ0n) is 24.4. The molecule has 36 heavy (non-hydrogen) atoms. The minimum Gasteiger partial charge on any atom is -0.140 e. The van der Waals surface area contributed by atoms with E-state index in [1.54, 1.807) is 26.1 Å². The maximum absolute atomic E-state index is 2.57. The Morgan fingerprint density at radius 1 is 0.611 bits per heavy atom. The van der Waals surface area contributed by atoms with Crippen LogP contribution in [0.5, 0.6) is 0 Å². The van der Waals surface area contributed by atoms with Crippen LogP contribution < -0.4 is 0 Å². The van der Waals surface area contributed by atoms with E-state index in [1.807, 2.05) is 0 Å². The van der Waals surface area contributed by atoms with E-state index in [9.17, 15) is 0 Å². The van der Waals surface area contributed by atoms with Crippen LogP contribution in [0.1, 0.15) is 159 Å². The van der Waals surface area contributed by atoms with Gasteiger partial charge in [-0.25, -0.2) is 0 Å². The SMILES string of the molecule is CCCCCCCCCCC1Cc2sc3ccc(CCCC)cc3c2CC1CCCCCCCCC. The minimum absolute atomic E-state index is 0.926. The Hall–Kier alpha value is -0.820. The summed E-state index contributed by atoms with van der Waals surface area (Å²) in [6.45, 7) is 6.96. The largest absolute Gasteiger partial charge is 0.140 e. The molecule has 0 saturated heterocycles. The van der Waals surface area contributed by atoms with Gasteiger partial charge in [0.25, 0.3) is 0 Å². The second-order valence-electron chi connectivity index (χ2n) is 12.0. The van der Waals surface area contributed by atoms with Gasteiger partial charge in [-0.3, -0.25) is 0 Å². The minimum atomic E-state index is 0.926. The quantitative estimate of drug-likeness (QED) is 0.155. The highest BCUT2D eigenvalue weighted by molar-refractivity contribution is 7.19. The molecule has 3 rings (SSSR count). The van der Waals surface area contributed by atoms with Gasteiger partial charge in [0.05, 0.1) is 0 Å². The highest BCUT2D eigenvalue weighted by Crippen LogP contribution is 2.43. The molecule has 204 valence electrons. The predicted octanol–water partition coefficient (Wildman–Crippen LogP) is 12.2. The van der Waals surface area contributed by atoms with Crippen LogP contribution in [0.2, 0.25) is 0 Å². The van der Waals surface area contributed by atoms with Gasteiger partial charge in [-0.2, -0.15) is 0 Å². The molecule has 1 heteroatoms. The van der Waals surface area contributed by atoms with E-state index in [-0.39, 0.29) is 0 Å². The van der Waals surface area contributed by atoms with Crippen molar-refractivity contribution in [1.29, 1.82) is 0 Å². The van der Waals surface area contributed by atoms with Crippen molar-refractivity contribution < 1.29 is 0 Å². The number of aryl methyl sites for hydroxylation is 1. The molecule has 2 aromatic rings. The normalized spacial score (nSPS) is 17.6. The molecule has 2 unspecified atom stereocenters. The van der Waals surface area contributed by atoms with E-state index >= 15 is 0 Å². The first kappa shape index (κ1) is 29.7. The zero-order chi connectivity index (χ0) is 25.4. The first-order valence-corrected chi connectivity index (χ1v) is 17.1. The highest BCUT2D eigenvalue weighted by atomic mass is 32.1. The van der Waals surface area contributed by atoms with Gasteiger partial charge in [-0.15, -0.1) is 11.3 Å². The van der Waals surface area contributed by atoms with Gasteiger partial charge >= 0.3 is 0 Å². The summed E-state index contributed by atoms with van der Waals surface area (Å²) in [7, 11) is 0. The first-order valence-electron chi connectivity index (χ1n) is 16.3. The number of thiophene rings is 1. The fraction of sp³-hybridized carbons (Fsp3) is 0.771. The van der Waals surface area contributed by atoms with Gasteiger partial charge in [0.15, 0.2) is 0 Å². The molecule has 0 N–H and O–H groups in total. The van der Waals surface area contributed by atoms with Gasteiger partial charge in [0, 0.05) is 9.58 Å². The van der Waals surface area contributed by atoms with Crippen LogP contribution in [-0.4, -0.2) is 0 Å². The molecule has 0 amide bonds. The van der Waals surface area contributed by atoms with Gasteiger partial charge in [0.2, 0.25) is 0 Å². The van der Waals surface area contributed by atoms with E-state index in [2.05, 4.69) is 50.3 Å². The molecule has 1 heterocycles. The second kappa shape index (κ2) is 17.6. The number of unbranched alkanes of at least 4 members (excludes halogenated alkanes) is 14. The van der Waals surface area contributed by atoms with E-state index in [4.69, 9.17) is 0 Å².